The molecule has 4 nitrogen and oxygen atoms in total. The van der Waals surface area contributed by atoms with Crippen molar-refractivity contribution in [1.82, 2.24) is 0 Å². The van der Waals surface area contributed by atoms with Gasteiger partial charge in [-0.2, -0.15) is 0 Å². The van der Waals surface area contributed by atoms with Crippen LogP contribution in [-0.2, 0) is 9.53 Å². The Labute approximate surface area is 109 Å². The van der Waals surface area contributed by atoms with Gasteiger partial charge in [-0.1, -0.05) is 15.9 Å². The molecule has 1 N–H and O–H groups in total. The molecule has 1 rings (SSSR count). The predicted molar refractivity (Wildman–Crippen MR) is 70.4 cm³/mol. The molecule has 1 aromatic carbocycles. The zero-order valence-electron chi connectivity index (χ0n) is 10.1. The Kier molecular flexibility index (Phi) is 5.28. The molecule has 0 aliphatic rings. The number of hydrogen-bond acceptors (Lipinski definition) is 4. The van der Waals surface area contributed by atoms with Crippen LogP contribution < -0.4 is 10.1 Å². The number of ether oxygens (including phenoxy) is 2. The fourth-order valence-corrected chi connectivity index (χ4v) is 1.70. The van der Waals surface area contributed by atoms with Crippen molar-refractivity contribution in [2.75, 3.05) is 19.0 Å². The molecule has 17 heavy (non-hydrogen) atoms. The van der Waals surface area contributed by atoms with E-state index < -0.39 is 6.04 Å². The average Bonchev–Trinajstić information content (AvgIpc) is 2.31. The summed E-state index contributed by atoms with van der Waals surface area (Å²) in [5.41, 5.74) is 0.771. The largest absolute Gasteiger partial charge is 0.492 e. The van der Waals surface area contributed by atoms with Crippen LogP contribution in [0, 0.1) is 0 Å². The summed E-state index contributed by atoms with van der Waals surface area (Å²) in [4.78, 5) is 11.3. The van der Waals surface area contributed by atoms with Gasteiger partial charge in [0.25, 0.3) is 0 Å². The van der Waals surface area contributed by atoms with Crippen molar-refractivity contribution in [3.63, 3.8) is 0 Å². The molecular formula is C12H16BrNO3. The van der Waals surface area contributed by atoms with E-state index in [0.717, 1.165) is 10.2 Å². The number of carbonyl (C=O) groups excluding carboxylic acids is 1. The molecule has 0 aromatic heterocycles. The maximum atomic E-state index is 11.3. The highest BCUT2D eigenvalue weighted by atomic mass is 79.9. The molecule has 0 aliphatic heterocycles. The lowest BCUT2D eigenvalue weighted by Gasteiger charge is -2.16. The van der Waals surface area contributed by atoms with Crippen molar-refractivity contribution in [1.29, 1.82) is 0 Å². The molecule has 0 bridgehead atoms. The van der Waals surface area contributed by atoms with E-state index in [1.807, 2.05) is 25.1 Å². The monoisotopic (exact) mass is 301 g/mol. The van der Waals surface area contributed by atoms with Gasteiger partial charge in [0.1, 0.15) is 11.8 Å². The van der Waals surface area contributed by atoms with Crippen molar-refractivity contribution in [2.45, 2.75) is 19.9 Å². The van der Waals surface area contributed by atoms with Crippen LogP contribution in [0.1, 0.15) is 13.8 Å². The number of esters is 1. The standard InChI is InChI=1S/C12H16BrNO3/c1-4-17-11-7-9(13)5-6-10(11)14-8(2)12(15)16-3/h5-8,14H,4H2,1-3H3. The van der Waals surface area contributed by atoms with Crippen molar-refractivity contribution in [3.05, 3.63) is 22.7 Å². The van der Waals surface area contributed by atoms with E-state index in [9.17, 15) is 4.79 Å². The Morgan fingerprint density at radius 2 is 2.24 bits per heavy atom. The summed E-state index contributed by atoms with van der Waals surface area (Å²) in [5, 5.41) is 3.05. The van der Waals surface area contributed by atoms with Crippen molar-refractivity contribution in [2.24, 2.45) is 0 Å². The Morgan fingerprint density at radius 3 is 2.82 bits per heavy atom. The third-order valence-corrected chi connectivity index (χ3v) is 2.66. The first kappa shape index (κ1) is 13.8. The highest BCUT2D eigenvalue weighted by Gasteiger charge is 2.14. The minimum absolute atomic E-state index is 0.310. The van der Waals surface area contributed by atoms with E-state index in [-0.39, 0.29) is 5.97 Å². The van der Waals surface area contributed by atoms with Gasteiger partial charge in [-0.15, -0.1) is 0 Å². The maximum absolute atomic E-state index is 11.3. The lowest BCUT2D eigenvalue weighted by atomic mass is 10.2. The molecule has 94 valence electrons. The molecule has 1 atom stereocenters. The van der Waals surface area contributed by atoms with Gasteiger partial charge < -0.3 is 14.8 Å². The number of halogens is 1. The van der Waals surface area contributed by atoms with Gasteiger partial charge >= 0.3 is 5.97 Å². The summed E-state index contributed by atoms with van der Waals surface area (Å²) in [7, 11) is 1.37. The Bertz CT molecular complexity index is 395. The second-order valence-electron chi connectivity index (χ2n) is 3.46. The first-order valence-electron chi connectivity index (χ1n) is 5.35. The van der Waals surface area contributed by atoms with Crippen molar-refractivity contribution >= 4 is 27.6 Å². The fourth-order valence-electron chi connectivity index (χ4n) is 1.36. The number of benzene rings is 1. The van der Waals surface area contributed by atoms with E-state index >= 15 is 0 Å². The van der Waals surface area contributed by atoms with Crippen molar-refractivity contribution in [3.8, 4) is 5.75 Å². The molecule has 0 heterocycles. The minimum Gasteiger partial charge on any atom is -0.492 e. The van der Waals surface area contributed by atoms with Crippen LogP contribution in [0.5, 0.6) is 5.75 Å². The number of rotatable bonds is 5. The zero-order chi connectivity index (χ0) is 12.8. The molecule has 0 aliphatic carbocycles. The number of hydrogen-bond donors (Lipinski definition) is 1. The van der Waals surface area contributed by atoms with Crippen LogP contribution in [-0.4, -0.2) is 25.7 Å². The van der Waals surface area contributed by atoms with Gasteiger partial charge in [0.15, 0.2) is 0 Å². The predicted octanol–water partition coefficient (Wildman–Crippen LogP) is 2.82. The highest BCUT2D eigenvalue weighted by molar-refractivity contribution is 9.10. The SMILES string of the molecule is CCOc1cc(Br)ccc1NC(C)C(=O)OC. The second-order valence-corrected chi connectivity index (χ2v) is 4.38. The summed E-state index contributed by atoms with van der Waals surface area (Å²) in [6, 6.07) is 5.18. The first-order valence-corrected chi connectivity index (χ1v) is 6.14. The lowest BCUT2D eigenvalue weighted by Crippen LogP contribution is -2.27. The van der Waals surface area contributed by atoms with Crippen LogP contribution in [0.25, 0.3) is 0 Å². The Morgan fingerprint density at radius 1 is 1.53 bits per heavy atom. The summed E-state index contributed by atoms with van der Waals surface area (Å²) in [6.45, 7) is 4.22. The van der Waals surface area contributed by atoms with E-state index in [4.69, 9.17) is 4.74 Å². The average molecular weight is 302 g/mol. The van der Waals surface area contributed by atoms with Gasteiger partial charge in [0, 0.05) is 4.47 Å². The summed E-state index contributed by atoms with van der Waals surface area (Å²) >= 11 is 3.38. The molecule has 0 radical (unpaired) electrons. The first-order chi connectivity index (χ1) is 8.08. The Balaban J connectivity index is 2.85. The molecule has 0 amide bonds. The molecule has 1 aromatic rings. The molecule has 0 saturated carbocycles. The van der Waals surface area contributed by atoms with E-state index in [1.54, 1.807) is 6.92 Å². The second kappa shape index (κ2) is 6.49. The summed E-state index contributed by atoms with van der Waals surface area (Å²) < 4.78 is 11.1. The van der Waals surface area contributed by atoms with Gasteiger partial charge in [-0.05, 0) is 32.0 Å². The van der Waals surface area contributed by atoms with Crippen LogP contribution >= 0.6 is 15.9 Å². The van der Waals surface area contributed by atoms with Gasteiger partial charge in [0.05, 0.1) is 19.4 Å². The van der Waals surface area contributed by atoms with Crippen LogP contribution in [0.15, 0.2) is 22.7 Å². The zero-order valence-corrected chi connectivity index (χ0v) is 11.7. The normalized spacial score (nSPS) is 11.8. The van der Waals surface area contributed by atoms with Crippen molar-refractivity contribution < 1.29 is 14.3 Å². The van der Waals surface area contributed by atoms with E-state index in [0.29, 0.717) is 12.4 Å². The highest BCUT2D eigenvalue weighted by Crippen LogP contribution is 2.28. The quantitative estimate of drug-likeness (QED) is 0.850. The number of anilines is 1. The van der Waals surface area contributed by atoms with Gasteiger partial charge in [-0.3, -0.25) is 0 Å². The molecule has 1 unspecified atom stereocenters. The van der Waals surface area contributed by atoms with Crippen LogP contribution in [0.4, 0.5) is 5.69 Å². The minimum atomic E-state index is -0.416. The third-order valence-electron chi connectivity index (χ3n) is 2.17. The van der Waals surface area contributed by atoms with E-state index in [1.165, 1.54) is 7.11 Å². The molecular weight excluding hydrogens is 286 g/mol. The summed E-state index contributed by atoms with van der Waals surface area (Å²) in [5.74, 6) is 0.396. The van der Waals surface area contributed by atoms with Crippen LogP contribution in [0.2, 0.25) is 0 Å². The topological polar surface area (TPSA) is 47.6 Å². The molecule has 5 heteroatoms. The lowest BCUT2D eigenvalue weighted by molar-refractivity contribution is -0.141. The molecule has 0 saturated heterocycles. The maximum Gasteiger partial charge on any atom is 0.327 e. The van der Waals surface area contributed by atoms with E-state index in [2.05, 4.69) is 26.0 Å². The number of nitrogens with one attached hydrogen (secondary N) is 1. The van der Waals surface area contributed by atoms with Crippen LogP contribution in [0.3, 0.4) is 0 Å². The molecule has 0 fully saturated rings. The summed E-state index contributed by atoms with van der Waals surface area (Å²) in [6.07, 6.45) is 0. The third kappa shape index (κ3) is 3.93. The molecule has 0 spiro atoms. The van der Waals surface area contributed by atoms with Gasteiger partial charge in [0.2, 0.25) is 0 Å². The smallest absolute Gasteiger partial charge is 0.327 e. The van der Waals surface area contributed by atoms with Gasteiger partial charge in [-0.25, -0.2) is 4.79 Å². The number of methoxy groups -OCH3 is 1. The number of carbonyl (C=O) groups is 1. The Hall–Kier alpha value is -1.23. The fraction of sp³-hybridized carbons (Fsp3) is 0.417.